The maximum absolute atomic E-state index is 12.7. The number of esters is 1. The standard InChI is InChI=1S/C17H16F3NO4S.C6H11NO2/c1-9(2)24-15(22)14-10(3)13(8-26-14)25-16(23)21-12-6-4-5-11(7-12)17(18,19)20;8-6(9)5-2-1-3-7-4-5/h4-9H,1-3H3,(H,21,23);5,7H,1-4H2,(H,8,9). The Kier molecular flexibility index (Phi) is 10.1. The van der Waals surface area contributed by atoms with E-state index in [9.17, 15) is 27.6 Å². The lowest BCUT2D eigenvalue weighted by Crippen LogP contribution is -2.34. The van der Waals surface area contributed by atoms with Crippen LogP contribution >= 0.6 is 11.3 Å². The molecule has 12 heteroatoms. The summed E-state index contributed by atoms with van der Waals surface area (Å²) in [4.78, 5) is 34.5. The lowest BCUT2D eigenvalue weighted by molar-refractivity contribution is -0.142. The smallest absolute Gasteiger partial charge is 0.417 e. The minimum atomic E-state index is -4.52. The second kappa shape index (κ2) is 12.5. The number of ether oxygens (including phenoxy) is 2. The number of carbonyl (C=O) groups is 3. The molecule has 192 valence electrons. The third kappa shape index (κ3) is 8.87. The quantitative estimate of drug-likeness (QED) is 0.461. The molecule has 1 saturated heterocycles. The van der Waals surface area contributed by atoms with Crippen molar-refractivity contribution in [3.8, 4) is 5.75 Å². The lowest BCUT2D eigenvalue weighted by Gasteiger charge is -2.18. The van der Waals surface area contributed by atoms with Crippen molar-refractivity contribution >= 4 is 35.1 Å². The van der Waals surface area contributed by atoms with Gasteiger partial charge in [-0.1, -0.05) is 6.07 Å². The Labute approximate surface area is 204 Å². The van der Waals surface area contributed by atoms with Gasteiger partial charge in [-0.3, -0.25) is 10.1 Å². The highest BCUT2D eigenvalue weighted by Gasteiger charge is 2.30. The summed E-state index contributed by atoms with van der Waals surface area (Å²) in [5, 5.41) is 15.2. The first-order chi connectivity index (χ1) is 16.4. The van der Waals surface area contributed by atoms with Gasteiger partial charge in [0.2, 0.25) is 0 Å². The van der Waals surface area contributed by atoms with Crippen LogP contribution in [-0.4, -0.2) is 42.3 Å². The van der Waals surface area contributed by atoms with Crippen LogP contribution in [0, 0.1) is 12.8 Å². The summed E-state index contributed by atoms with van der Waals surface area (Å²) in [6.07, 6.45) is -3.94. The zero-order valence-electron chi connectivity index (χ0n) is 19.4. The van der Waals surface area contributed by atoms with E-state index in [1.165, 1.54) is 17.5 Å². The normalized spacial score (nSPS) is 15.6. The fraction of sp³-hybridized carbons (Fsp3) is 0.435. The van der Waals surface area contributed by atoms with Crippen LogP contribution in [0.25, 0.3) is 0 Å². The first-order valence-corrected chi connectivity index (χ1v) is 11.6. The highest BCUT2D eigenvalue weighted by atomic mass is 32.1. The zero-order chi connectivity index (χ0) is 26.2. The van der Waals surface area contributed by atoms with Crippen LogP contribution < -0.4 is 15.4 Å². The third-order valence-electron chi connectivity index (χ3n) is 4.81. The summed E-state index contributed by atoms with van der Waals surface area (Å²) in [5.74, 6) is -1.20. The molecule has 2 heterocycles. The van der Waals surface area contributed by atoms with Gasteiger partial charge in [-0.15, -0.1) is 11.3 Å². The minimum Gasteiger partial charge on any atom is -0.481 e. The van der Waals surface area contributed by atoms with Crippen molar-refractivity contribution in [1.82, 2.24) is 5.32 Å². The molecular weight excluding hydrogens is 489 g/mol. The number of alkyl halides is 3. The second-order valence-corrected chi connectivity index (χ2v) is 8.86. The van der Waals surface area contributed by atoms with Crippen molar-refractivity contribution in [1.29, 1.82) is 0 Å². The van der Waals surface area contributed by atoms with Gasteiger partial charge >= 0.3 is 24.2 Å². The monoisotopic (exact) mass is 516 g/mol. The summed E-state index contributed by atoms with van der Waals surface area (Å²) in [7, 11) is 0. The average molecular weight is 517 g/mol. The molecule has 0 aliphatic carbocycles. The molecule has 3 rings (SSSR count). The van der Waals surface area contributed by atoms with Crippen molar-refractivity contribution in [2.75, 3.05) is 18.4 Å². The number of carbonyl (C=O) groups excluding carboxylic acids is 2. The molecule has 0 radical (unpaired) electrons. The van der Waals surface area contributed by atoms with Crippen LogP contribution in [-0.2, 0) is 15.7 Å². The van der Waals surface area contributed by atoms with Gasteiger partial charge < -0.3 is 19.9 Å². The van der Waals surface area contributed by atoms with Gasteiger partial charge in [0, 0.05) is 23.2 Å². The van der Waals surface area contributed by atoms with E-state index in [-0.39, 0.29) is 23.5 Å². The van der Waals surface area contributed by atoms with Crippen molar-refractivity contribution in [2.24, 2.45) is 5.92 Å². The fourth-order valence-electron chi connectivity index (χ4n) is 3.05. The largest absolute Gasteiger partial charge is 0.481 e. The van der Waals surface area contributed by atoms with E-state index in [2.05, 4.69) is 10.6 Å². The third-order valence-corrected chi connectivity index (χ3v) is 5.85. The predicted octanol–water partition coefficient (Wildman–Crippen LogP) is 5.32. The molecule has 35 heavy (non-hydrogen) atoms. The number of anilines is 1. The molecule has 0 saturated carbocycles. The number of piperidine rings is 1. The molecular formula is C23H27F3N2O6S. The molecule has 1 aromatic carbocycles. The van der Waals surface area contributed by atoms with Crippen LogP contribution in [0.15, 0.2) is 29.6 Å². The number of aliphatic carboxylic acids is 1. The van der Waals surface area contributed by atoms with Crippen LogP contribution in [0.4, 0.5) is 23.7 Å². The molecule has 1 unspecified atom stereocenters. The number of hydrogen-bond donors (Lipinski definition) is 3. The summed E-state index contributed by atoms with van der Waals surface area (Å²) in [5.41, 5.74) is -0.530. The SMILES string of the molecule is Cc1c(OC(=O)Nc2cccc(C(F)(F)F)c2)csc1C(=O)OC(C)C.O=C(O)C1CCCNC1. The highest BCUT2D eigenvalue weighted by Crippen LogP contribution is 2.32. The molecule has 0 bridgehead atoms. The van der Waals surface area contributed by atoms with Crippen molar-refractivity contribution in [2.45, 2.75) is 45.9 Å². The van der Waals surface area contributed by atoms with Gasteiger partial charge in [0.05, 0.1) is 17.6 Å². The molecule has 0 spiro atoms. The van der Waals surface area contributed by atoms with Gasteiger partial charge in [0.15, 0.2) is 0 Å². The summed E-state index contributed by atoms with van der Waals surface area (Å²) < 4.78 is 48.2. The maximum atomic E-state index is 12.7. The minimum absolute atomic E-state index is 0.0582. The number of amides is 1. The number of rotatable bonds is 5. The number of benzene rings is 1. The van der Waals surface area contributed by atoms with E-state index in [1.807, 2.05) is 0 Å². The van der Waals surface area contributed by atoms with E-state index < -0.39 is 29.8 Å². The number of carboxylic acid groups (broad SMARTS) is 1. The number of hydrogen-bond acceptors (Lipinski definition) is 7. The van der Waals surface area contributed by atoms with E-state index in [4.69, 9.17) is 14.6 Å². The highest BCUT2D eigenvalue weighted by molar-refractivity contribution is 7.12. The molecule has 2 aromatic rings. The van der Waals surface area contributed by atoms with E-state index in [0.717, 1.165) is 42.9 Å². The number of halogens is 3. The average Bonchev–Trinajstić information content (AvgIpc) is 3.14. The topological polar surface area (TPSA) is 114 Å². The van der Waals surface area contributed by atoms with Gasteiger partial charge in [-0.2, -0.15) is 13.2 Å². The molecule has 8 nitrogen and oxygen atoms in total. The molecule has 1 fully saturated rings. The first kappa shape index (κ1) is 28.1. The van der Waals surface area contributed by atoms with Crippen LogP contribution in [0.1, 0.15) is 47.5 Å². The Hall–Kier alpha value is -3.12. The number of thiophene rings is 1. The Balaban J connectivity index is 0.000000402. The van der Waals surface area contributed by atoms with Crippen LogP contribution in [0.3, 0.4) is 0 Å². The van der Waals surface area contributed by atoms with Gasteiger partial charge in [0.25, 0.3) is 0 Å². The lowest BCUT2D eigenvalue weighted by atomic mass is 10.0. The fourth-order valence-corrected chi connectivity index (χ4v) is 3.92. The Morgan fingerprint density at radius 1 is 1.26 bits per heavy atom. The zero-order valence-corrected chi connectivity index (χ0v) is 20.2. The molecule has 1 aliphatic rings. The van der Waals surface area contributed by atoms with Crippen LogP contribution in [0.2, 0.25) is 0 Å². The Bertz CT molecular complexity index is 1030. The van der Waals surface area contributed by atoms with E-state index in [0.29, 0.717) is 17.0 Å². The maximum Gasteiger partial charge on any atom is 0.417 e. The van der Waals surface area contributed by atoms with Crippen LogP contribution in [0.5, 0.6) is 5.75 Å². The van der Waals surface area contributed by atoms with Gasteiger partial charge in [-0.05, 0) is 58.4 Å². The van der Waals surface area contributed by atoms with E-state index >= 15 is 0 Å². The molecule has 1 atom stereocenters. The summed E-state index contributed by atoms with van der Waals surface area (Å²) in [6, 6.07) is 4.18. The van der Waals surface area contributed by atoms with Gasteiger partial charge in [-0.25, -0.2) is 9.59 Å². The second-order valence-electron chi connectivity index (χ2n) is 7.98. The van der Waals surface area contributed by atoms with E-state index in [1.54, 1.807) is 20.8 Å². The first-order valence-electron chi connectivity index (χ1n) is 10.8. The van der Waals surface area contributed by atoms with Gasteiger partial charge in [0.1, 0.15) is 10.6 Å². The number of carboxylic acids is 1. The van der Waals surface area contributed by atoms with Crippen molar-refractivity contribution < 1.29 is 42.1 Å². The Morgan fingerprint density at radius 2 is 1.97 bits per heavy atom. The molecule has 1 aromatic heterocycles. The Morgan fingerprint density at radius 3 is 2.51 bits per heavy atom. The summed E-state index contributed by atoms with van der Waals surface area (Å²) >= 11 is 1.05. The summed E-state index contributed by atoms with van der Waals surface area (Å²) in [6.45, 7) is 6.63. The number of nitrogens with one attached hydrogen (secondary N) is 2. The van der Waals surface area contributed by atoms with Crippen molar-refractivity contribution in [3.63, 3.8) is 0 Å². The molecule has 1 aliphatic heterocycles. The molecule has 3 N–H and O–H groups in total. The molecule has 1 amide bonds. The predicted molar refractivity (Wildman–Crippen MR) is 124 cm³/mol. The van der Waals surface area contributed by atoms with Crippen molar-refractivity contribution in [3.05, 3.63) is 45.6 Å².